The van der Waals surface area contributed by atoms with Crippen LogP contribution in [0, 0.1) is 5.92 Å². The first-order valence-electron chi connectivity index (χ1n) is 5.53. The van der Waals surface area contributed by atoms with Gasteiger partial charge in [-0.25, -0.2) is 9.59 Å². The Hall–Kier alpha value is -2.18. The second-order valence-electron chi connectivity index (χ2n) is 4.38. The van der Waals surface area contributed by atoms with Crippen molar-refractivity contribution >= 4 is 11.9 Å². The highest BCUT2D eigenvalue weighted by Crippen LogP contribution is 2.28. The van der Waals surface area contributed by atoms with Gasteiger partial charge in [0.05, 0.1) is 17.7 Å². The van der Waals surface area contributed by atoms with Crippen molar-refractivity contribution in [2.24, 2.45) is 13.0 Å². The average Bonchev–Trinajstić information content (AvgIpc) is 2.31. The van der Waals surface area contributed by atoms with Gasteiger partial charge in [0.1, 0.15) is 0 Å². The highest BCUT2D eigenvalue weighted by molar-refractivity contribution is 5.98. The minimum absolute atomic E-state index is 0.356. The fourth-order valence-electron chi connectivity index (χ4n) is 2.01. The molecule has 1 fully saturated rings. The van der Waals surface area contributed by atoms with E-state index in [1.54, 1.807) is 33.3 Å². The number of hydrogen-bond donors (Lipinski definition) is 1. The molecule has 1 aromatic heterocycles. The summed E-state index contributed by atoms with van der Waals surface area (Å²) in [5.41, 5.74) is 0.0165. The lowest BCUT2D eigenvalue weighted by atomic mass is 9.94. The molecule has 18 heavy (non-hydrogen) atoms. The topological polar surface area (TPSA) is 84.3 Å². The van der Waals surface area contributed by atoms with Crippen molar-refractivity contribution in [1.82, 2.24) is 19.8 Å². The number of hydrogen-bond acceptors (Lipinski definition) is 4. The van der Waals surface area contributed by atoms with Crippen LogP contribution >= 0.6 is 0 Å². The highest BCUT2D eigenvalue weighted by atomic mass is 16.2. The standard InChI is InChI=1S/C11H14N4O3/c1-6-8(15(3)11(18)13-9(6)16)7-4-5-14(2)10(17)12-7/h4-6,8H,1-3H3,(H,13,16,18)/t6-,8-/m1/s1. The number of nitrogens with one attached hydrogen (secondary N) is 1. The molecule has 7 nitrogen and oxygen atoms in total. The van der Waals surface area contributed by atoms with Gasteiger partial charge >= 0.3 is 11.7 Å². The summed E-state index contributed by atoms with van der Waals surface area (Å²) in [6, 6.07) is 0.649. The molecule has 1 aliphatic rings. The lowest BCUT2D eigenvalue weighted by molar-refractivity contribution is -0.127. The Morgan fingerprint density at radius 2 is 1.94 bits per heavy atom. The van der Waals surface area contributed by atoms with Gasteiger partial charge in [0.2, 0.25) is 5.91 Å². The first-order valence-corrected chi connectivity index (χ1v) is 5.53. The van der Waals surface area contributed by atoms with E-state index in [4.69, 9.17) is 0 Å². The van der Waals surface area contributed by atoms with Gasteiger partial charge < -0.3 is 9.47 Å². The predicted octanol–water partition coefficient (Wildman–Crippen LogP) is -0.361. The number of imide groups is 1. The summed E-state index contributed by atoms with van der Waals surface area (Å²) in [4.78, 5) is 40.0. The van der Waals surface area contributed by atoms with Crippen LogP contribution in [0.25, 0.3) is 0 Å². The first-order chi connectivity index (χ1) is 8.41. The Kier molecular flexibility index (Phi) is 2.90. The highest BCUT2D eigenvalue weighted by Gasteiger charge is 2.38. The third kappa shape index (κ3) is 1.87. The van der Waals surface area contributed by atoms with Crippen LogP contribution in [0.2, 0.25) is 0 Å². The van der Waals surface area contributed by atoms with Crippen LogP contribution in [-0.2, 0) is 11.8 Å². The van der Waals surface area contributed by atoms with Crippen molar-refractivity contribution in [2.75, 3.05) is 7.05 Å². The maximum Gasteiger partial charge on any atom is 0.347 e. The Balaban J connectivity index is 2.46. The van der Waals surface area contributed by atoms with E-state index in [0.29, 0.717) is 5.69 Å². The van der Waals surface area contributed by atoms with Crippen LogP contribution in [0.5, 0.6) is 0 Å². The molecule has 0 aromatic carbocycles. The van der Waals surface area contributed by atoms with Crippen LogP contribution in [0.4, 0.5) is 4.79 Å². The SMILES string of the molecule is C[C@H]1C(=O)NC(=O)N(C)[C@H]1c1ccn(C)c(=O)n1. The summed E-state index contributed by atoms with van der Waals surface area (Å²) in [6.07, 6.45) is 1.57. The van der Waals surface area contributed by atoms with Crippen LogP contribution < -0.4 is 11.0 Å². The molecule has 0 unspecified atom stereocenters. The number of aromatic nitrogens is 2. The number of urea groups is 1. The van der Waals surface area contributed by atoms with Crippen molar-refractivity contribution < 1.29 is 9.59 Å². The van der Waals surface area contributed by atoms with Gasteiger partial charge in [-0.3, -0.25) is 10.1 Å². The number of carbonyl (C=O) groups excluding carboxylic acids is 2. The molecule has 2 rings (SSSR count). The van der Waals surface area contributed by atoms with Gasteiger partial charge in [-0.1, -0.05) is 6.92 Å². The van der Waals surface area contributed by atoms with Crippen LogP contribution in [0.1, 0.15) is 18.7 Å². The fourth-order valence-corrected chi connectivity index (χ4v) is 2.01. The maximum absolute atomic E-state index is 11.6. The van der Waals surface area contributed by atoms with Crippen molar-refractivity contribution in [2.45, 2.75) is 13.0 Å². The van der Waals surface area contributed by atoms with Gasteiger partial charge in [-0.2, -0.15) is 4.98 Å². The Morgan fingerprint density at radius 3 is 2.56 bits per heavy atom. The molecule has 1 aromatic rings. The van der Waals surface area contributed by atoms with Gasteiger partial charge in [0.15, 0.2) is 0 Å². The molecule has 0 aliphatic carbocycles. The van der Waals surface area contributed by atoms with E-state index in [0.717, 1.165) is 0 Å². The predicted molar refractivity (Wildman–Crippen MR) is 62.7 cm³/mol. The minimum Gasteiger partial charge on any atom is -0.318 e. The molecule has 1 saturated heterocycles. The van der Waals surface area contributed by atoms with E-state index in [2.05, 4.69) is 10.3 Å². The maximum atomic E-state index is 11.6. The summed E-state index contributed by atoms with van der Waals surface area (Å²) in [6.45, 7) is 1.70. The molecule has 0 saturated carbocycles. The van der Waals surface area contributed by atoms with E-state index >= 15 is 0 Å². The Morgan fingerprint density at radius 1 is 1.28 bits per heavy atom. The molecule has 1 N–H and O–H groups in total. The Bertz CT molecular complexity index is 546. The molecule has 0 spiro atoms. The monoisotopic (exact) mass is 250 g/mol. The Labute approximate surface area is 103 Å². The minimum atomic E-state index is -0.514. The molecule has 3 amide bonds. The average molecular weight is 250 g/mol. The lowest BCUT2D eigenvalue weighted by Gasteiger charge is -2.35. The molecule has 2 atom stereocenters. The number of aryl methyl sites for hydroxylation is 1. The van der Waals surface area contributed by atoms with Crippen LogP contribution in [0.15, 0.2) is 17.1 Å². The molecule has 0 bridgehead atoms. The molecular formula is C11H14N4O3. The van der Waals surface area contributed by atoms with E-state index < -0.39 is 23.7 Å². The molecular weight excluding hydrogens is 236 g/mol. The zero-order chi connectivity index (χ0) is 13.4. The van der Waals surface area contributed by atoms with Gasteiger partial charge in [0, 0.05) is 20.3 Å². The molecule has 2 heterocycles. The van der Waals surface area contributed by atoms with Crippen LogP contribution in [-0.4, -0.2) is 33.4 Å². The van der Waals surface area contributed by atoms with E-state index in [1.165, 1.54) is 9.47 Å². The summed E-state index contributed by atoms with van der Waals surface area (Å²) in [5.74, 6) is -0.808. The molecule has 0 radical (unpaired) electrons. The summed E-state index contributed by atoms with van der Waals surface area (Å²) >= 11 is 0. The molecule has 7 heteroatoms. The number of rotatable bonds is 1. The number of nitrogens with zero attached hydrogens (tertiary/aromatic N) is 3. The largest absolute Gasteiger partial charge is 0.347 e. The third-order valence-electron chi connectivity index (χ3n) is 3.15. The first kappa shape index (κ1) is 12.3. The van der Waals surface area contributed by atoms with Gasteiger partial charge in [-0.15, -0.1) is 0 Å². The zero-order valence-corrected chi connectivity index (χ0v) is 10.4. The summed E-state index contributed by atoms with van der Waals surface area (Å²) in [5, 5.41) is 2.24. The van der Waals surface area contributed by atoms with Crippen molar-refractivity contribution in [3.05, 3.63) is 28.4 Å². The smallest absolute Gasteiger partial charge is 0.318 e. The van der Waals surface area contributed by atoms with Crippen molar-refractivity contribution in [3.63, 3.8) is 0 Å². The number of carbonyl (C=O) groups is 2. The van der Waals surface area contributed by atoms with Crippen molar-refractivity contribution in [3.8, 4) is 0 Å². The number of amides is 3. The van der Waals surface area contributed by atoms with E-state index in [9.17, 15) is 14.4 Å². The van der Waals surface area contributed by atoms with E-state index in [1.807, 2.05) is 0 Å². The van der Waals surface area contributed by atoms with Crippen molar-refractivity contribution in [1.29, 1.82) is 0 Å². The fraction of sp³-hybridized carbons (Fsp3) is 0.455. The third-order valence-corrected chi connectivity index (χ3v) is 3.15. The zero-order valence-electron chi connectivity index (χ0n) is 10.4. The quantitative estimate of drug-likeness (QED) is 0.737. The lowest BCUT2D eigenvalue weighted by Crippen LogP contribution is -2.54. The van der Waals surface area contributed by atoms with Gasteiger partial charge in [0.25, 0.3) is 0 Å². The second-order valence-corrected chi connectivity index (χ2v) is 4.38. The second kappa shape index (κ2) is 4.25. The van der Waals surface area contributed by atoms with Crippen LogP contribution in [0.3, 0.4) is 0 Å². The summed E-state index contributed by atoms with van der Waals surface area (Å²) < 4.78 is 1.33. The van der Waals surface area contributed by atoms with Gasteiger partial charge in [-0.05, 0) is 6.07 Å². The summed E-state index contributed by atoms with van der Waals surface area (Å²) in [7, 11) is 3.16. The molecule has 1 aliphatic heterocycles. The van der Waals surface area contributed by atoms with E-state index in [-0.39, 0.29) is 5.91 Å². The molecule has 96 valence electrons. The normalized spacial score (nSPS) is 24.1.